The van der Waals surface area contributed by atoms with Crippen LogP contribution in [0.25, 0.3) is 10.9 Å². The summed E-state index contributed by atoms with van der Waals surface area (Å²) >= 11 is 0. The first-order valence-corrected chi connectivity index (χ1v) is 17.2. The number of rotatable bonds is 8. The summed E-state index contributed by atoms with van der Waals surface area (Å²) in [5, 5.41) is 9.29. The van der Waals surface area contributed by atoms with Gasteiger partial charge in [0.2, 0.25) is 11.2 Å². The van der Waals surface area contributed by atoms with E-state index in [1.807, 2.05) is 0 Å². The highest BCUT2D eigenvalue weighted by Crippen LogP contribution is 2.42. The molecule has 2 aliphatic rings. The number of likely N-dealkylation sites (tertiary alicyclic amines) is 1. The van der Waals surface area contributed by atoms with Gasteiger partial charge in [0.05, 0.1) is 23.0 Å². The molecule has 0 spiro atoms. The van der Waals surface area contributed by atoms with E-state index in [-0.39, 0.29) is 41.0 Å². The third-order valence-corrected chi connectivity index (χ3v) is 8.37. The van der Waals surface area contributed by atoms with Crippen LogP contribution in [-0.4, -0.2) is 66.6 Å². The molecule has 1 saturated carbocycles. The molecule has 1 aliphatic heterocycles. The molecule has 12 heteroatoms. The zero-order chi connectivity index (χ0) is 31.3. The maximum Gasteiger partial charge on any atom is 0.410 e. The van der Waals surface area contributed by atoms with Gasteiger partial charge in [-0.1, -0.05) is 20.8 Å². The van der Waals surface area contributed by atoms with E-state index in [0.29, 0.717) is 25.8 Å². The van der Waals surface area contributed by atoms with Crippen molar-refractivity contribution in [1.82, 2.24) is 9.47 Å². The Bertz CT molecular complexity index is 1430. The molecule has 1 aromatic heterocycles. The molecule has 2 unspecified atom stereocenters. The number of ether oxygens (including phenoxy) is 2. The van der Waals surface area contributed by atoms with Crippen molar-refractivity contribution in [2.24, 2.45) is 11.3 Å². The van der Waals surface area contributed by atoms with E-state index >= 15 is 4.39 Å². The van der Waals surface area contributed by atoms with Gasteiger partial charge in [0.25, 0.3) is 0 Å². The van der Waals surface area contributed by atoms with Crippen LogP contribution >= 0.6 is 0 Å². The summed E-state index contributed by atoms with van der Waals surface area (Å²) in [5.74, 6) is -4.58. The zero-order valence-corrected chi connectivity index (χ0v) is 26.8. The Morgan fingerprint density at radius 3 is 2.31 bits per heavy atom. The van der Waals surface area contributed by atoms with Gasteiger partial charge in [-0.15, -0.1) is 0 Å². The molecule has 3 atom stereocenters. The number of carboxylic acids is 1. The number of aromatic carboxylic acids is 1. The fraction of sp³-hybridized carbons (Fsp3) is 0.633. The molecule has 1 N–H and O–H groups in total. The smallest absolute Gasteiger partial charge is 0.410 e. The van der Waals surface area contributed by atoms with Crippen LogP contribution in [0.1, 0.15) is 77.2 Å². The molecule has 1 aromatic carbocycles. The zero-order valence-electron chi connectivity index (χ0n) is 25.6. The molecule has 2 heterocycles. The lowest BCUT2D eigenvalue weighted by atomic mass is 9.80. The Hall–Kier alpha value is -2.99. The molecule has 42 heavy (non-hydrogen) atoms. The summed E-state index contributed by atoms with van der Waals surface area (Å²) in [4.78, 5) is 39.6. The second kappa shape index (κ2) is 11.6. The average molecular weight is 609 g/mol. The molecule has 1 aliphatic carbocycles. The molecule has 1 saturated heterocycles. The SMILES string of the molecule is C[SiH](C)OC(C1C[C@@H](COc2c(F)c(F)cc3c(=O)c(C(=O)O)cn(C4CC4)c23)N(C(=O)OC(C)(C)C)C1)C(C)(C)C. The van der Waals surface area contributed by atoms with Gasteiger partial charge < -0.3 is 28.5 Å². The Balaban J connectivity index is 1.74. The lowest BCUT2D eigenvalue weighted by molar-refractivity contribution is 0.0134. The predicted molar refractivity (Wildman–Crippen MR) is 157 cm³/mol. The van der Waals surface area contributed by atoms with Gasteiger partial charge in [-0.05, 0) is 64.6 Å². The van der Waals surface area contributed by atoms with Crippen LogP contribution in [0.2, 0.25) is 13.1 Å². The number of fused-ring (bicyclic) bond motifs is 1. The van der Waals surface area contributed by atoms with Crippen LogP contribution in [0.3, 0.4) is 0 Å². The normalized spacial score (nSPS) is 20.3. The van der Waals surface area contributed by atoms with Crippen molar-refractivity contribution in [2.45, 2.75) is 97.7 Å². The molecule has 9 nitrogen and oxygen atoms in total. The van der Waals surface area contributed by atoms with Gasteiger partial charge >= 0.3 is 12.1 Å². The molecule has 0 radical (unpaired) electrons. The number of hydrogen-bond acceptors (Lipinski definition) is 6. The van der Waals surface area contributed by atoms with E-state index in [4.69, 9.17) is 13.9 Å². The third-order valence-electron chi connectivity index (χ3n) is 7.53. The summed E-state index contributed by atoms with van der Waals surface area (Å²) in [5.41, 5.74) is -2.41. The summed E-state index contributed by atoms with van der Waals surface area (Å²) in [6, 6.07) is 0.00635. The number of benzene rings is 1. The monoisotopic (exact) mass is 608 g/mol. The molecular weight excluding hydrogens is 566 g/mol. The number of carbonyl (C=O) groups excluding carboxylic acids is 1. The van der Waals surface area contributed by atoms with Crippen LogP contribution in [0.15, 0.2) is 17.1 Å². The van der Waals surface area contributed by atoms with Crippen molar-refractivity contribution in [3.63, 3.8) is 0 Å². The number of nitrogens with zero attached hydrogens (tertiary/aromatic N) is 2. The van der Waals surface area contributed by atoms with E-state index in [0.717, 1.165) is 6.07 Å². The summed E-state index contributed by atoms with van der Waals surface area (Å²) in [7, 11) is -1.45. The van der Waals surface area contributed by atoms with Gasteiger partial charge in [-0.25, -0.2) is 14.0 Å². The third kappa shape index (κ3) is 6.80. The van der Waals surface area contributed by atoms with E-state index in [9.17, 15) is 23.9 Å². The maximum absolute atomic E-state index is 15.4. The van der Waals surface area contributed by atoms with Crippen molar-refractivity contribution >= 4 is 32.0 Å². The largest absolute Gasteiger partial charge is 0.486 e. The molecule has 2 fully saturated rings. The second-order valence-electron chi connectivity index (χ2n) is 13.8. The first-order valence-electron chi connectivity index (χ1n) is 14.5. The molecule has 4 rings (SSSR count). The van der Waals surface area contributed by atoms with Gasteiger partial charge in [0.15, 0.2) is 20.6 Å². The fourth-order valence-electron chi connectivity index (χ4n) is 5.72. The molecular formula is C30H42F2N2O7Si. The summed E-state index contributed by atoms with van der Waals surface area (Å²) < 4.78 is 49.8. The molecule has 0 bridgehead atoms. The Kier molecular flexibility index (Phi) is 8.81. The fourth-order valence-corrected chi connectivity index (χ4v) is 6.94. The van der Waals surface area contributed by atoms with E-state index in [1.54, 1.807) is 25.7 Å². The van der Waals surface area contributed by atoms with Crippen molar-refractivity contribution in [3.8, 4) is 5.75 Å². The lowest BCUT2D eigenvalue weighted by Crippen LogP contribution is -2.43. The highest BCUT2D eigenvalue weighted by molar-refractivity contribution is 6.48. The highest BCUT2D eigenvalue weighted by Gasteiger charge is 2.45. The Morgan fingerprint density at radius 2 is 1.79 bits per heavy atom. The number of amides is 1. The maximum atomic E-state index is 15.4. The summed E-state index contributed by atoms with van der Waals surface area (Å²) in [6.45, 7) is 15.9. The first-order chi connectivity index (χ1) is 19.4. The number of pyridine rings is 1. The predicted octanol–water partition coefficient (Wildman–Crippen LogP) is 5.73. The number of carbonyl (C=O) groups is 2. The van der Waals surface area contributed by atoms with Crippen LogP contribution in [-0.2, 0) is 9.16 Å². The number of halogens is 2. The quantitative estimate of drug-likeness (QED) is 0.382. The van der Waals surface area contributed by atoms with Crippen molar-refractivity contribution in [3.05, 3.63) is 39.7 Å². The van der Waals surface area contributed by atoms with Crippen LogP contribution in [0.4, 0.5) is 13.6 Å². The van der Waals surface area contributed by atoms with Crippen molar-refractivity contribution in [2.75, 3.05) is 13.2 Å². The second-order valence-corrected chi connectivity index (χ2v) is 16.1. The number of aromatic nitrogens is 1. The topological polar surface area (TPSA) is 107 Å². The van der Waals surface area contributed by atoms with Gasteiger partial charge in [-0.2, -0.15) is 4.39 Å². The number of carboxylic acid groups (broad SMARTS) is 1. The van der Waals surface area contributed by atoms with Gasteiger partial charge in [0.1, 0.15) is 17.8 Å². The molecule has 2 aromatic rings. The highest BCUT2D eigenvalue weighted by atomic mass is 28.3. The van der Waals surface area contributed by atoms with Crippen LogP contribution < -0.4 is 10.2 Å². The standard InChI is InChI=1S/C30H42F2N2O7Si/c1-29(2,3)26(41-42(7)8)16-11-18(34(13-16)28(38)40-30(4,5)6)15-39-25-22(32)21(31)12-19-23(25)33(17-9-10-17)14-20(24(19)35)27(36)37/h12,14,16-18,26,42H,9-11,13,15H2,1-8H3,(H,36,37)/t16?,18-,26?/m0/s1. The van der Waals surface area contributed by atoms with Crippen molar-refractivity contribution in [1.29, 1.82) is 0 Å². The van der Waals surface area contributed by atoms with Crippen LogP contribution in [0.5, 0.6) is 5.75 Å². The van der Waals surface area contributed by atoms with Crippen LogP contribution in [0, 0.1) is 23.0 Å². The van der Waals surface area contributed by atoms with E-state index in [2.05, 4.69) is 33.9 Å². The van der Waals surface area contributed by atoms with Crippen molar-refractivity contribution < 1.29 is 37.4 Å². The first kappa shape index (κ1) is 31.9. The van der Waals surface area contributed by atoms with Gasteiger partial charge in [-0.3, -0.25) is 4.79 Å². The molecule has 1 amide bonds. The Labute approximate surface area is 246 Å². The van der Waals surface area contributed by atoms with Gasteiger partial charge in [0, 0.05) is 24.7 Å². The number of hydrogen-bond donors (Lipinski definition) is 1. The van der Waals surface area contributed by atoms with E-state index < -0.39 is 61.1 Å². The van der Waals surface area contributed by atoms with E-state index in [1.165, 1.54) is 10.8 Å². The minimum absolute atomic E-state index is 0.00599. The lowest BCUT2D eigenvalue weighted by Gasteiger charge is -2.37. The molecule has 232 valence electrons. The summed E-state index contributed by atoms with van der Waals surface area (Å²) in [6.07, 6.45) is 2.35. The minimum atomic E-state index is -1.45. The average Bonchev–Trinajstić information content (AvgIpc) is 3.60. The minimum Gasteiger partial charge on any atom is -0.486 e. The Morgan fingerprint density at radius 1 is 1.14 bits per heavy atom.